The van der Waals surface area contributed by atoms with Crippen molar-refractivity contribution < 1.29 is 22.3 Å². The molecule has 1 fully saturated rings. The van der Waals surface area contributed by atoms with E-state index in [0.717, 1.165) is 31.4 Å². The lowest BCUT2D eigenvalue weighted by atomic mass is 9.87. The molecule has 1 aliphatic heterocycles. The Morgan fingerprint density at radius 1 is 1.15 bits per heavy atom. The molecule has 3 rings (SSSR count). The molecule has 0 bridgehead atoms. The third kappa shape index (κ3) is 3.68. The first kappa shape index (κ1) is 18.3. The van der Waals surface area contributed by atoms with Crippen molar-refractivity contribution in [2.45, 2.75) is 43.9 Å². The zero-order valence-electron chi connectivity index (χ0n) is 13.9. The highest BCUT2D eigenvalue weighted by molar-refractivity contribution is 6.05. The lowest BCUT2D eigenvalue weighted by molar-refractivity contribution is -0.153. The van der Waals surface area contributed by atoms with Gasteiger partial charge in [-0.2, -0.15) is 18.2 Å². The fraction of sp³-hybridized carbons (Fsp3) is 0.500. The molecule has 4 N–H and O–H groups in total. The van der Waals surface area contributed by atoms with Gasteiger partial charge >= 0.3 is 6.18 Å². The first-order valence-electron chi connectivity index (χ1n) is 8.19. The predicted octanol–water partition coefficient (Wildman–Crippen LogP) is 2.88. The van der Waals surface area contributed by atoms with Crippen LogP contribution in [0.5, 0.6) is 5.75 Å². The predicted molar refractivity (Wildman–Crippen MR) is 89.5 cm³/mol. The number of hydrogen-bond donors (Lipinski definition) is 2. The molecule has 0 atom stereocenters. The second kappa shape index (κ2) is 6.65. The molecule has 0 unspecified atom stereocenters. The Bertz CT molecular complexity index is 741. The molecule has 1 aliphatic carbocycles. The standard InChI is InChI=1S/C16H19F4N5O/c17-11-8-10(4-5-12(11)26-9-16(18,19)20)25-14(22)23-13(21)24-15(25)6-2-1-3-7-15/h4-5,8H,1-3,6-7,9H2,(H4,21,22,23,24). The molecule has 1 saturated carbocycles. The van der Waals surface area contributed by atoms with E-state index in [4.69, 9.17) is 11.5 Å². The highest BCUT2D eigenvalue weighted by Crippen LogP contribution is 2.40. The number of ether oxygens (including phenoxy) is 1. The molecule has 1 aromatic rings. The van der Waals surface area contributed by atoms with Gasteiger partial charge in [-0.25, -0.2) is 9.38 Å². The van der Waals surface area contributed by atoms with Crippen LogP contribution in [-0.4, -0.2) is 30.4 Å². The minimum atomic E-state index is -4.55. The summed E-state index contributed by atoms with van der Waals surface area (Å²) in [6.07, 6.45) is -0.379. The van der Waals surface area contributed by atoms with Crippen molar-refractivity contribution in [1.82, 2.24) is 0 Å². The topological polar surface area (TPSA) is 89.2 Å². The molecule has 26 heavy (non-hydrogen) atoms. The molecule has 2 aliphatic rings. The van der Waals surface area contributed by atoms with Gasteiger partial charge in [-0.1, -0.05) is 6.42 Å². The van der Waals surface area contributed by atoms with Gasteiger partial charge in [-0.15, -0.1) is 0 Å². The molecule has 0 aromatic heterocycles. The lowest BCUT2D eigenvalue weighted by Crippen LogP contribution is -2.58. The van der Waals surface area contributed by atoms with Crippen molar-refractivity contribution in [1.29, 1.82) is 0 Å². The molecule has 0 saturated heterocycles. The molecule has 10 heteroatoms. The third-order valence-electron chi connectivity index (χ3n) is 4.42. The van der Waals surface area contributed by atoms with Crippen LogP contribution < -0.4 is 21.1 Å². The van der Waals surface area contributed by atoms with Crippen molar-refractivity contribution in [3.63, 3.8) is 0 Å². The van der Waals surface area contributed by atoms with Crippen LogP contribution in [0.15, 0.2) is 28.2 Å². The summed E-state index contributed by atoms with van der Waals surface area (Å²) in [7, 11) is 0. The summed E-state index contributed by atoms with van der Waals surface area (Å²) >= 11 is 0. The van der Waals surface area contributed by atoms with E-state index in [1.54, 1.807) is 4.90 Å². The van der Waals surface area contributed by atoms with Crippen molar-refractivity contribution in [2.75, 3.05) is 11.5 Å². The van der Waals surface area contributed by atoms with Gasteiger partial charge < -0.3 is 16.2 Å². The molecule has 1 heterocycles. The summed E-state index contributed by atoms with van der Waals surface area (Å²) in [5.41, 5.74) is 11.4. The number of nitrogens with zero attached hydrogens (tertiary/aromatic N) is 3. The van der Waals surface area contributed by atoms with Crippen LogP contribution in [0.25, 0.3) is 0 Å². The number of rotatable bonds is 3. The maximum Gasteiger partial charge on any atom is 0.422 e. The fourth-order valence-electron chi connectivity index (χ4n) is 3.40. The molecule has 1 aromatic carbocycles. The Morgan fingerprint density at radius 3 is 2.46 bits per heavy atom. The smallest absolute Gasteiger partial charge is 0.422 e. The number of benzene rings is 1. The van der Waals surface area contributed by atoms with E-state index in [2.05, 4.69) is 14.7 Å². The molecule has 0 radical (unpaired) electrons. The summed E-state index contributed by atoms with van der Waals surface area (Å²) in [6, 6.07) is 3.65. The molecule has 1 spiro atoms. The average Bonchev–Trinajstić information content (AvgIpc) is 2.53. The first-order chi connectivity index (χ1) is 12.2. The largest absolute Gasteiger partial charge is 0.481 e. The van der Waals surface area contributed by atoms with E-state index in [1.807, 2.05) is 0 Å². The van der Waals surface area contributed by atoms with E-state index in [0.29, 0.717) is 18.5 Å². The Labute approximate surface area is 147 Å². The number of guanidine groups is 2. The summed E-state index contributed by atoms with van der Waals surface area (Å²) in [5.74, 6) is -1.28. The van der Waals surface area contributed by atoms with Gasteiger partial charge in [-0.3, -0.25) is 4.90 Å². The monoisotopic (exact) mass is 373 g/mol. The number of aliphatic imine (C=N–C) groups is 2. The van der Waals surface area contributed by atoms with Gasteiger partial charge in [-0.05, 0) is 37.8 Å². The van der Waals surface area contributed by atoms with E-state index >= 15 is 0 Å². The van der Waals surface area contributed by atoms with Crippen LogP contribution >= 0.6 is 0 Å². The molecule has 142 valence electrons. The van der Waals surface area contributed by atoms with Gasteiger partial charge in [0.15, 0.2) is 18.2 Å². The van der Waals surface area contributed by atoms with Crippen molar-refractivity contribution in [3.8, 4) is 5.75 Å². The molecule has 0 amide bonds. The number of alkyl halides is 3. The fourth-order valence-corrected chi connectivity index (χ4v) is 3.40. The summed E-state index contributed by atoms with van der Waals surface area (Å²) in [6.45, 7) is -1.57. The number of hydrogen-bond acceptors (Lipinski definition) is 6. The van der Waals surface area contributed by atoms with Crippen molar-refractivity contribution >= 4 is 17.6 Å². The van der Waals surface area contributed by atoms with E-state index in [9.17, 15) is 17.6 Å². The van der Waals surface area contributed by atoms with E-state index in [-0.39, 0.29) is 11.9 Å². The van der Waals surface area contributed by atoms with Crippen LogP contribution in [0.3, 0.4) is 0 Å². The minimum absolute atomic E-state index is 0.0613. The highest BCUT2D eigenvalue weighted by atomic mass is 19.4. The quantitative estimate of drug-likeness (QED) is 0.798. The Kier molecular flexibility index (Phi) is 4.68. The van der Waals surface area contributed by atoms with Gasteiger partial charge in [0.25, 0.3) is 0 Å². The molecular weight excluding hydrogens is 354 g/mol. The second-order valence-corrected chi connectivity index (χ2v) is 6.34. The van der Waals surface area contributed by atoms with Crippen molar-refractivity contribution in [2.24, 2.45) is 21.5 Å². The SMILES string of the molecule is NC1=NC2(CCCCC2)N(c2ccc(OCC(F)(F)F)c(F)c2)C(N)=N1. The minimum Gasteiger partial charge on any atom is -0.481 e. The summed E-state index contributed by atoms with van der Waals surface area (Å²) < 4.78 is 55.5. The van der Waals surface area contributed by atoms with Gasteiger partial charge in [0.1, 0.15) is 5.66 Å². The van der Waals surface area contributed by atoms with Gasteiger partial charge in [0.2, 0.25) is 11.9 Å². The Balaban J connectivity index is 1.91. The molecular formula is C16H19F4N5O. The van der Waals surface area contributed by atoms with E-state index in [1.165, 1.54) is 6.07 Å². The van der Waals surface area contributed by atoms with Crippen LogP contribution in [0.1, 0.15) is 32.1 Å². The van der Waals surface area contributed by atoms with Crippen LogP contribution in [0.2, 0.25) is 0 Å². The zero-order valence-corrected chi connectivity index (χ0v) is 13.9. The molecule has 6 nitrogen and oxygen atoms in total. The van der Waals surface area contributed by atoms with Gasteiger partial charge in [0.05, 0.1) is 0 Å². The van der Waals surface area contributed by atoms with Crippen LogP contribution in [-0.2, 0) is 0 Å². The second-order valence-electron chi connectivity index (χ2n) is 6.34. The maximum absolute atomic E-state index is 14.3. The lowest BCUT2D eigenvalue weighted by Gasteiger charge is -2.45. The summed E-state index contributed by atoms with van der Waals surface area (Å²) in [5, 5.41) is 0. The van der Waals surface area contributed by atoms with Crippen LogP contribution in [0, 0.1) is 5.82 Å². The normalized spacial score (nSPS) is 19.9. The Hall–Kier alpha value is -2.52. The number of nitrogens with two attached hydrogens (primary N) is 2. The van der Waals surface area contributed by atoms with Gasteiger partial charge in [0, 0.05) is 11.8 Å². The highest BCUT2D eigenvalue weighted by Gasteiger charge is 2.42. The number of halogens is 4. The third-order valence-corrected chi connectivity index (χ3v) is 4.42. The summed E-state index contributed by atoms with van der Waals surface area (Å²) in [4.78, 5) is 10.0. The average molecular weight is 373 g/mol. The number of anilines is 1. The van der Waals surface area contributed by atoms with Crippen molar-refractivity contribution in [3.05, 3.63) is 24.0 Å². The van der Waals surface area contributed by atoms with Crippen LogP contribution in [0.4, 0.5) is 23.2 Å². The zero-order chi connectivity index (χ0) is 18.9. The first-order valence-corrected chi connectivity index (χ1v) is 8.19. The van der Waals surface area contributed by atoms with E-state index < -0.39 is 30.0 Å². The Morgan fingerprint density at radius 2 is 1.85 bits per heavy atom. The maximum atomic E-state index is 14.3.